The molecule has 0 aromatic heterocycles. The number of nitrogens with zero attached hydrogens (tertiary/aromatic N) is 1. The summed E-state index contributed by atoms with van der Waals surface area (Å²) in [7, 11) is 1.42. The van der Waals surface area contributed by atoms with Crippen LogP contribution < -0.4 is 0 Å². The zero-order chi connectivity index (χ0) is 14.1. The van der Waals surface area contributed by atoms with Gasteiger partial charge >= 0.3 is 5.97 Å². The van der Waals surface area contributed by atoms with E-state index in [0.29, 0.717) is 5.92 Å². The van der Waals surface area contributed by atoms with Crippen LogP contribution in [0.5, 0.6) is 0 Å². The predicted octanol–water partition coefficient (Wildman–Crippen LogP) is 2.51. The lowest BCUT2D eigenvalue weighted by Gasteiger charge is -2.41. The number of carbonyl (C=O) groups excluding carboxylic acids is 2. The number of hydrogen-bond donors (Lipinski definition) is 0. The first-order chi connectivity index (χ1) is 9.72. The molecule has 4 nitrogen and oxygen atoms in total. The summed E-state index contributed by atoms with van der Waals surface area (Å²) < 4.78 is 4.88. The molecule has 2 saturated heterocycles. The Morgan fingerprint density at radius 1 is 1.05 bits per heavy atom. The van der Waals surface area contributed by atoms with Gasteiger partial charge in [-0.25, -0.2) is 4.79 Å². The van der Waals surface area contributed by atoms with Crippen LogP contribution in [0.25, 0.3) is 0 Å². The molecule has 2 heterocycles. The van der Waals surface area contributed by atoms with Crippen molar-refractivity contribution in [3.05, 3.63) is 0 Å². The minimum absolute atomic E-state index is 0.164. The SMILES string of the molecule is COC(=O)[C@@H]1CC[C@@H]2CC[C@H](C3CCCCC3)C(=O)N21. The van der Waals surface area contributed by atoms with Gasteiger partial charge < -0.3 is 9.64 Å². The number of methoxy groups -OCH3 is 1. The lowest BCUT2D eigenvalue weighted by atomic mass is 9.75. The van der Waals surface area contributed by atoms with Gasteiger partial charge in [-0.3, -0.25) is 4.79 Å². The molecule has 0 bridgehead atoms. The minimum Gasteiger partial charge on any atom is -0.467 e. The van der Waals surface area contributed by atoms with Gasteiger partial charge in [0.1, 0.15) is 6.04 Å². The average Bonchev–Trinajstić information content (AvgIpc) is 2.92. The number of amides is 1. The molecule has 112 valence electrons. The molecule has 3 atom stereocenters. The van der Waals surface area contributed by atoms with Crippen LogP contribution in [-0.4, -0.2) is 36.0 Å². The lowest BCUT2D eigenvalue weighted by molar-refractivity contribution is -0.157. The molecule has 1 aliphatic carbocycles. The Hall–Kier alpha value is -1.06. The molecule has 0 aromatic rings. The Labute approximate surface area is 120 Å². The third kappa shape index (κ3) is 2.33. The molecule has 3 rings (SSSR count). The Morgan fingerprint density at radius 2 is 1.75 bits per heavy atom. The van der Waals surface area contributed by atoms with E-state index in [1.807, 2.05) is 4.90 Å². The zero-order valence-corrected chi connectivity index (χ0v) is 12.3. The van der Waals surface area contributed by atoms with Crippen LogP contribution in [0.3, 0.4) is 0 Å². The molecule has 0 spiro atoms. The highest BCUT2D eigenvalue weighted by atomic mass is 16.5. The maximum absolute atomic E-state index is 12.9. The molecule has 0 N–H and O–H groups in total. The molecular weight excluding hydrogens is 254 g/mol. The van der Waals surface area contributed by atoms with Gasteiger partial charge in [-0.2, -0.15) is 0 Å². The first-order valence-corrected chi connectivity index (χ1v) is 8.12. The van der Waals surface area contributed by atoms with E-state index in [1.165, 1.54) is 39.2 Å². The molecular formula is C16H25NO3. The summed E-state index contributed by atoms with van der Waals surface area (Å²) in [5, 5.41) is 0. The topological polar surface area (TPSA) is 46.6 Å². The van der Waals surface area contributed by atoms with Gasteiger partial charge in [0.25, 0.3) is 0 Å². The van der Waals surface area contributed by atoms with Gasteiger partial charge in [0.05, 0.1) is 7.11 Å². The van der Waals surface area contributed by atoms with E-state index in [4.69, 9.17) is 4.74 Å². The van der Waals surface area contributed by atoms with Crippen molar-refractivity contribution in [2.24, 2.45) is 11.8 Å². The Morgan fingerprint density at radius 3 is 2.45 bits per heavy atom. The van der Waals surface area contributed by atoms with Crippen molar-refractivity contribution in [3.8, 4) is 0 Å². The summed E-state index contributed by atoms with van der Waals surface area (Å²) in [5.74, 6) is 0.721. The van der Waals surface area contributed by atoms with E-state index in [2.05, 4.69) is 0 Å². The van der Waals surface area contributed by atoms with Crippen LogP contribution >= 0.6 is 0 Å². The second-order valence-electron chi connectivity index (χ2n) is 6.60. The van der Waals surface area contributed by atoms with Gasteiger partial charge in [0.2, 0.25) is 5.91 Å². The number of esters is 1. The number of hydrogen-bond acceptors (Lipinski definition) is 3. The number of fused-ring (bicyclic) bond motifs is 1. The smallest absolute Gasteiger partial charge is 0.328 e. The molecule has 2 aliphatic heterocycles. The molecule has 0 unspecified atom stereocenters. The van der Waals surface area contributed by atoms with Crippen molar-refractivity contribution < 1.29 is 14.3 Å². The Kier molecular flexibility index (Phi) is 3.99. The Balaban J connectivity index is 1.74. The van der Waals surface area contributed by atoms with Crippen LogP contribution in [0, 0.1) is 11.8 Å². The fourth-order valence-electron chi connectivity index (χ4n) is 4.53. The molecule has 20 heavy (non-hydrogen) atoms. The zero-order valence-electron chi connectivity index (χ0n) is 12.3. The monoisotopic (exact) mass is 279 g/mol. The molecule has 3 aliphatic rings. The van der Waals surface area contributed by atoms with Crippen molar-refractivity contribution in [1.82, 2.24) is 4.90 Å². The first-order valence-electron chi connectivity index (χ1n) is 8.12. The second kappa shape index (κ2) is 5.74. The third-order valence-electron chi connectivity index (χ3n) is 5.58. The molecule has 1 amide bonds. The van der Waals surface area contributed by atoms with Crippen LogP contribution in [0.15, 0.2) is 0 Å². The van der Waals surface area contributed by atoms with Gasteiger partial charge in [-0.15, -0.1) is 0 Å². The van der Waals surface area contributed by atoms with Gasteiger partial charge in [0, 0.05) is 12.0 Å². The predicted molar refractivity (Wildman–Crippen MR) is 75.0 cm³/mol. The highest BCUT2D eigenvalue weighted by Crippen LogP contribution is 2.41. The Bertz CT molecular complexity index is 389. The van der Waals surface area contributed by atoms with Crippen LogP contribution in [0.2, 0.25) is 0 Å². The maximum atomic E-state index is 12.9. The fraction of sp³-hybridized carbons (Fsp3) is 0.875. The summed E-state index contributed by atoms with van der Waals surface area (Å²) in [6.45, 7) is 0. The number of rotatable bonds is 2. The van der Waals surface area contributed by atoms with Crippen LogP contribution in [0.4, 0.5) is 0 Å². The summed E-state index contributed by atoms with van der Waals surface area (Å²) >= 11 is 0. The van der Waals surface area contributed by atoms with Crippen LogP contribution in [0.1, 0.15) is 57.8 Å². The number of piperidine rings is 1. The molecule has 4 heteroatoms. The standard InChI is InChI=1S/C16H25NO3/c1-20-16(19)14-10-8-12-7-9-13(15(18)17(12)14)11-5-3-2-4-6-11/h11-14H,2-10H2,1H3/t12-,13+,14-/m0/s1. The van der Waals surface area contributed by atoms with Crippen molar-refractivity contribution in [1.29, 1.82) is 0 Å². The maximum Gasteiger partial charge on any atom is 0.328 e. The summed E-state index contributed by atoms with van der Waals surface area (Å²) in [6.07, 6.45) is 10.1. The highest BCUT2D eigenvalue weighted by molar-refractivity contribution is 5.87. The van der Waals surface area contributed by atoms with Gasteiger partial charge in [-0.1, -0.05) is 19.3 Å². The molecule has 0 radical (unpaired) electrons. The van der Waals surface area contributed by atoms with Crippen LogP contribution in [-0.2, 0) is 14.3 Å². The first kappa shape index (κ1) is 13.9. The van der Waals surface area contributed by atoms with E-state index in [-0.39, 0.29) is 29.9 Å². The molecule has 3 fully saturated rings. The summed E-state index contributed by atoms with van der Waals surface area (Å²) in [4.78, 5) is 26.6. The van der Waals surface area contributed by atoms with Crippen molar-refractivity contribution in [3.63, 3.8) is 0 Å². The fourth-order valence-corrected chi connectivity index (χ4v) is 4.53. The minimum atomic E-state index is -0.316. The number of ether oxygens (including phenoxy) is 1. The highest BCUT2D eigenvalue weighted by Gasteiger charge is 2.47. The van der Waals surface area contributed by atoms with Crippen molar-refractivity contribution in [2.75, 3.05) is 7.11 Å². The second-order valence-corrected chi connectivity index (χ2v) is 6.60. The third-order valence-corrected chi connectivity index (χ3v) is 5.58. The van der Waals surface area contributed by atoms with Crippen molar-refractivity contribution in [2.45, 2.75) is 69.9 Å². The van der Waals surface area contributed by atoms with Gasteiger partial charge in [0.15, 0.2) is 0 Å². The lowest BCUT2D eigenvalue weighted by Crippen LogP contribution is -2.52. The van der Waals surface area contributed by atoms with Gasteiger partial charge in [-0.05, 0) is 44.4 Å². The van der Waals surface area contributed by atoms with Crippen molar-refractivity contribution >= 4 is 11.9 Å². The molecule has 1 saturated carbocycles. The molecule has 0 aromatic carbocycles. The largest absolute Gasteiger partial charge is 0.467 e. The average molecular weight is 279 g/mol. The number of carbonyl (C=O) groups is 2. The van der Waals surface area contributed by atoms with E-state index in [0.717, 1.165) is 25.7 Å². The van der Waals surface area contributed by atoms with E-state index < -0.39 is 0 Å². The van der Waals surface area contributed by atoms with E-state index in [9.17, 15) is 9.59 Å². The van der Waals surface area contributed by atoms with E-state index in [1.54, 1.807) is 0 Å². The quantitative estimate of drug-likeness (QED) is 0.730. The summed E-state index contributed by atoms with van der Waals surface area (Å²) in [6, 6.07) is -0.0321. The normalized spacial score (nSPS) is 35.0. The summed E-state index contributed by atoms with van der Waals surface area (Å²) in [5.41, 5.74) is 0. The van der Waals surface area contributed by atoms with E-state index >= 15 is 0 Å².